The van der Waals surface area contributed by atoms with Crippen LogP contribution in [0.1, 0.15) is 30.0 Å². The van der Waals surface area contributed by atoms with E-state index in [1.807, 2.05) is 23.1 Å². The molecule has 0 aliphatic carbocycles. The summed E-state index contributed by atoms with van der Waals surface area (Å²) in [6, 6.07) is 17.4. The quantitative estimate of drug-likeness (QED) is 0.814. The van der Waals surface area contributed by atoms with E-state index in [1.54, 1.807) is 7.05 Å². The Labute approximate surface area is 160 Å². The molecule has 5 heteroatoms. The molecule has 144 valence electrons. The molecular formula is C22H28FN3O. The summed E-state index contributed by atoms with van der Waals surface area (Å²) in [6.07, 6.45) is 2.83. The first-order valence-electron chi connectivity index (χ1n) is 9.67. The highest BCUT2D eigenvalue weighted by Crippen LogP contribution is 2.31. The lowest BCUT2D eigenvalue weighted by atomic mass is 9.85. The van der Waals surface area contributed by atoms with E-state index in [9.17, 15) is 9.18 Å². The van der Waals surface area contributed by atoms with Crippen molar-refractivity contribution < 1.29 is 9.18 Å². The van der Waals surface area contributed by atoms with Crippen molar-refractivity contribution in [3.8, 4) is 0 Å². The van der Waals surface area contributed by atoms with Gasteiger partial charge >= 0.3 is 6.03 Å². The predicted octanol–water partition coefficient (Wildman–Crippen LogP) is 3.75. The molecular weight excluding hydrogens is 341 g/mol. The van der Waals surface area contributed by atoms with E-state index in [-0.39, 0.29) is 17.9 Å². The summed E-state index contributed by atoms with van der Waals surface area (Å²) in [6.45, 7) is 2.37. The number of rotatable bonds is 6. The van der Waals surface area contributed by atoms with Gasteiger partial charge in [-0.1, -0.05) is 42.5 Å². The standard InChI is InChI=1S/C22H28FN3O/c1-24-22(27)26-15-12-19(13-16-26)21(18-7-9-20(23)10-8-18)25-14-11-17-5-3-2-4-6-17/h2-10,19,21,25H,11-16H2,1H3,(H,24,27). The van der Waals surface area contributed by atoms with Gasteiger partial charge in [-0.3, -0.25) is 0 Å². The Kier molecular flexibility index (Phi) is 6.82. The number of likely N-dealkylation sites (tertiary alicyclic amines) is 1. The molecule has 0 radical (unpaired) electrons. The van der Waals surface area contributed by atoms with Crippen LogP contribution in [0.2, 0.25) is 0 Å². The SMILES string of the molecule is CNC(=O)N1CCC(C(NCCc2ccccc2)c2ccc(F)cc2)CC1. The average Bonchev–Trinajstić information content (AvgIpc) is 2.72. The first-order valence-corrected chi connectivity index (χ1v) is 9.67. The van der Waals surface area contributed by atoms with Crippen LogP contribution in [0.5, 0.6) is 0 Å². The molecule has 1 aliphatic heterocycles. The highest BCUT2D eigenvalue weighted by atomic mass is 19.1. The van der Waals surface area contributed by atoms with E-state index in [1.165, 1.54) is 17.7 Å². The Morgan fingerprint density at radius 3 is 2.41 bits per heavy atom. The van der Waals surface area contributed by atoms with Gasteiger partial charge in [0.25, 0.3) is 0 Å². The van der Waals surface area contributed by atoms with Gasteiger partial charge in [0.2, 0.25) is 0 Å². The van der Waals surface area contributed by atoms with Crippen LogP contribution in [0.4, 0.5) is 9.18 Å². The maximum absolute atomic E-state index is 13.4. The maximum atomic E-state index is 13.4. The minimum Gasteiger partial charge on any atom is -0.341 e. The minimum absolute atomic E-state index is 0.0104. The van der Waals surface area contributed by atoms with Gasteiger partial charge in [0.15, 0.2) is 0 Å². The van der Waals surface area contributed by atoms with Crippen LogP contribution < -0.4 is 10.6 Å². The average molecular weight is 369 g/mol. The molecule has 2 N–H and O–H groups in total. The highest BCUT2D eigenvalue weighted by Gasteiger charge is 2.29. The van der Waals surface area contributed by atoms with Crippen molar-refractivity contribution in [1.82, 2.24) is 15.5 Å². The van der Waals surface area contributed by atoms with E-state index in [0.717, 1.165) is 44.5 Å². The lowest BCUT2D eigenvalue weighted by Gasteiger charge is -2.36. The highest BCUT2D eigenvalue weighted by molar-refractivity contribution is 5.73. The second-order valence-corrected chi connectivity index (χ2v) is 7.10. The van der Waals surface area contributed by atoms with Crippen molar-refractivity contribution in [1.29, 1.82) is 0 Å². The molecule has 1 unspecified atom stereocenters. The van der Waals surface area contributed by atoms with Gasteiger partial charge in [0, 0.05) is 26.2 Å². The lowest BCUT2D eigenvalue weighted by Crippen LogP contribution is -2.45. The third-order valence-corrected chi connectivity index (χ3v) is 5.36. The van der Waals surface area contributed by atoms with Gasteiger partial charge in [-0.2, -0.15) is 0 Å². The van der Waals surface area contributed by atoms with Crippen molar-refractivity contribution >= 4 is 6.03 Å². The predicted molar refractivity (Wildman–Crippen MR) is 106 cm³/mol. The normalized spacial score (nSPS) is 16.1. The third kappa shape index (κ3) is 5.30. The first-order chi connectivity index (χ1) is 13.2. The molecule has 2 aromatic carbocycles. The Balaban J connectivity index is 1.65. The monoisotopic (exact) mass is 369 g/mol. The second kappa shape index (κ2) is 9.51. The molecule has 0 bridgehead atoms. The molecule has 1 atom stereocenters. The number of piperidine rings is 1. The number of urea groups is 1. The fraction of sp³-hybridized carbons (Fsp3) is 0.409. The molecule has 27 heavy (non-hydrogen) atoms. The summed E-state index contributed by atoms with van der Waals surface area (Å²) >= 11 is 0. The summed E-state index contributed by atoms with van der Waals surface area (Å²) in [5.41, 5.74) is 2.42. The maximum Gasteiger partial charge on any atom is 0.317 e. The van der Waals surface area contributed by atoms with E-state index in [2.05, 4.69) is 34.9 Å². The van der Waals surface area contributed by atoms with E-state index in [0.29, 0.717) is 5.92 Å². The molecule has 0 aromatic heterocycles. The van der Waals surface area contributed by atoms with Crippen LogP contribution in [-0.2, 0) is 6.42 Å². The fourth-order valence-corrected chi connectivity index (χ4v) is 3.84. The molecule has 1 heterocycles. The summed E-state index contributed by atoms with van der Waals surface area (Å²) in [4.78, 5) is 13.7. The zero-order chi connectivity index (χ0) is 19.1. The fourth-order valence-electron chi connectivity index (χ4n) is 3.84. The van der Waals surface area contributed by atoms with Crippen LogP contribution in [0.15, 0.2) is 54.6 Å². The van der Waals surface area contributed by atoms with Crippen LogP contribution >= 0.6 is 0 Å². The number of benzene rings is 2. The molecule has 0 spiro atoms. The topological polar surface area (TPSA) is 44.4 Å². The number of carbonyl (C=O) groups excluding carboxylic acids is 1. The minimum atomic E-state index is -0.212. The largest absolute Gasteiger partial charge is 0.341 e. The first kappa shape index (κ1) is 19.4. The smallest absolute Gasteiger partial charge is 0.317 e. The summed E-state index contributed by atoms with van der Waals surface area (Å²) in [7, 11) is 1.67. The number of hydrogen-bond acceptors (Lipinski definition) is 2. The summed E-state index contributed by atoms with van der Waals surface area (Å²) in [5.74, 6) is 0.211. The van der Waals surface area contributed by atoms with Crippen molar-refractivity contribution in [2.45, 2.75) is 25.3 Å². The third-order valence-electron chi connectivity index (χ3n) is 5.36. The number of halogens is 1. The van der Waals surface area contributed by atoms with Crippen LogP contribution in [0.3, 0.4) is 0 Å². The number of amides is 2. The lowest BCUT2D eigenvalue weighted by molar-refractivity contribution is 0.158. The molecule has 2 amide bonds. The second-order valence-electron chi connectivity index (χ2n) is 7.10. The van der Waals surface area contributed by atoms with Gasteiger partial charge in [0.05, 0.1) is 0 Å². The number of nitrogens with zero attached hydrogens (tertiary/aromatic N) is 1. The molecule has 1 aliphatic rings. The molecule has 0 saturated carbocycles. The molecule has 4 nitrogen and oxygen atoms in total. The molecule has 1 saturated heterocycles. The zero-order valence-electron chi connectivity index (χ0n) is 15.8. The Morgan fingerprint density at radius 2 is 1.78 bits per heavy atom. The Hall–Kier alpha value is -2.40. The van der Waals surface area contributed by atoms with Crippen molar-refractivity contribution in [2.75, 3.05) is 26.7 Å². The van der Waals surface area contributed by atoms with Gasteiger partial charge in [0.1, 0.15) is 5.82 Å². The molecule has 3 rings (SSSR count). The van der Waals surface area contributed by atoms with Crippen molar-refractivity contribution in [2.24, 2.45) is 5.92 Å². The van der Waals surface area contributed by atoms with Crippen LogP contribution in [0.25, 0.3) is 0 Å². The van der Waals surface area contributed by atoms with E-state index >= 15 is 0 Å². The van der Waals surface area contributed by atoms with Crippen LogP contribution in [-0.4, -0.2) is 37.6 Å². The number of carbonyl (C=O) groups is 1. The van der Waals surface area contributed by atoms with E-state index in [4.69, 9.17) is 0 Å². The van der Waals surface area contributed by atoms with Gasteiger partial charge in [-0.25, -0.2) is 9.18 Å². The van der Waals surface area contributed by atoms with Crippen molar-refractivity contribution in [3.05, 3.63) is 71.5 Å². The summed E-state index contributed by atoms with van der Waals surface area (Å²) < 4.78 is 13.4. The van der Waals surface area contributed by atoms with Gasteiger partial charge < -0.3 is 15.5 Å². The Bertz CT molecular complexity index is 712. The molecule has 2 aromatic rings. The van der Waals surface area contributed by atoms with Crippen LogP contribution in [0, 0.1) is 11.7 Å². The zero-order valence-corrected chi connectivity index (χ0v) is 15.8. The Morgan fingerprint density at radius 1 is 1.11 bits per heavy atom. The number of nitrogens with one attached hydrogen (secondary N) is 2. The van der Waals surface area contributed by atoms with Gasteiger partial charge in [-0.05, 0) is 55.0 Å². The van der Waals surface area contributed by atoms with Gasteiger partial charge in [-0.15, -0.1) is 0 Å². The van der Waals surface area contributed by atoms with Crippen molar-refractivity contribution in [3.63, 3.8) is 0 Å². The molecule has 1 fully saturated rings. The number of hydrogen-bond donors (Lipinski definition) is 2. The summed E-state index contributed by atoms with van der Waals surface area (Å²) in [5, 5.41) is 6.39. The van der Waals surface area contributed by atoms with E-state index < -0.39 is 0 Å².